The van der Waals surface area contributed by atoms with Crippen molar-refractivity contribution < 1.29 is 9.13 Å². The minimum absolute atomic E-state index is 0.132. The van der Waals surface area contributed by atoms with Crippen LogP contribution in [0.4, 0.5) is 15.8 Å². The first-order valence-corrected chi connectivity index (χ1v) is 8.83. The number of nitrogens with zero attached hydrogens (tertiary/aromatic N) is 2. The van der Waals surface area contributed by atoms with Crippen molar-refractivity contribution in [2.24, 2.45) is 0 Å². The van der Waals surface area contributed by atoms with Crippen LogP contribution in [0.1, 0.15) is 31.7 Å². The lowest BCUT2D eigenvalue weighted by atomic mass is 9.98. The first-order valence-electron chi connectivity index (χ1n) is 8.83. The minimum atomic E-state index is -0.132. The summed E-state index contributed by atoms with van der Waals surface area (Å²) < 4.78 is 20.7. The first kappa shape index (κ1) is 15.1. The van der Waals surface area contributed by atoms with Crippen LogP contribution in [-0.2, 0) is 6.42 Å². The van der Waals surface area contributed by atoms with Crippen LogP contribution in [0.25, 0.3) is 0 Å². The molecule has 23 heavy (non-hydrogen) atoms. The summed E-state index contributed by atoms with van der Waals surface area (Å²) in [5.41, 5.74) is 2.93. The molecule has 0 radical (unpaired) electrons. The number of anilines is 2. The number of fused-ring (bicyclic) bond motifs is 1. The van der Waals surface area contributed by atoms with Gasteiger partial charge in [-0.1, -0.05) is 0 Å². The van der Waals surface area contributed by atoms with E-state index in [4.69, 9.17) is 4.74 Å². The van der Waals surface area contributed by atoms with Crippen LogP contribution < -0.4 is 19.9 Å². The van der Waals surface area contributed by atoms with Crippen LogP contribution in [0.2, 0.25) is 0 Å². The normalized spacial score (nSPS) is 24.6. The highest BCUT2D eigenvalue weighted by atomic mass is 19.1. The van der Waals surface area contributed by atoms with Gasteiger partial charge in [-0.25, -0.2) is 4.39 Å². The van der Waals surface area contributed by atoms with Gasteiger partial charge in [-0.05, 0) is 44.2 Å². The molecule has 126 valence electrons. The van der Waals surface area contributed by atoms with Gasteiger partial charge in [-0.15, -0.1) is 0 Å². The number of piperazine rings is 1. The Balaban J connectivity index is 1.80. The van der Waals surface area contributed by atoms with Crippen molar-refractivity contribution >= 4 is 11.4 Å². The molecule has 1 saturated carbocycles. The van der Waals surface area contributed by atoms with E-state index in [0.717, 1.165) is 56.0 Å². The van der Waals surface area contributed by atoms with Crippen molar-refractivity contribution in [3.63, 3.8) is 0 Å². The second-order valence-electron chi connectivity index (χ2n) is 7.08. The number of rotatable bonds is 3. The number of methoxy groups -OCH3 is 1. The van der Waals surface area contributed by atoms with Gasteiger partial charge in [-0.2, -0.15) is 0 Å². The van der Waals surface area contributed by atoms with Crippen LogP contribution in [0.3, 0.4) is 0 Å². The number of nitrogens with one attached hydrogen (secondary N) is 1. The summed E-state index contributed by atoms with van der Waals surface area (Å²) in [7, 11) is 1.68. The van der Waals surface area contributed by atoms with Crippen molar-refractivity contribution in [1.82, 2.24) is 5.32 Å². The molecule has 0 amide bonds. The van der Waals surface area contributed by atoms with Crippen molar-refractivity contribution in [1.29, 1.82) is 0 Å². The predicted octanol–water partition coefficient (Wildman–Crippen LogP) is 2.55. The molecular formula is C18H26FN3O. The van der Waals surface area contributed by atoms with Crippen molar-refractivity contribution in [2.45, 2.75) is 44.7 Å². The maximum absolute atomic E-state index is 14.9. The van der Waals surface area contributed by atoms with E-state index < -0.39 is 0 Å². The Morgan fingerprint density at radius 1 is 1.26 bits per heavy atom. The number of hydrogen-bond acceptors (Lipinski definition) is 4. The van der Waals surface area contributed by atoms with Crippen molar-refractivity contribution in [3.8, 4) is 5.75 Å². The zero-order valence-corrected chi connectivity index (χ0v) is 14.1. The summed E-state index contributed by atoms with van der Waals surface area (Å²) in [6, 6.07) is 2.75. The van der Waals surface area contributed by atoms with Gasteiger partial charge in [0.2, 0.25) is 0 Å². The van der Waals surface area contributed by atoms with Crippen LogP contribution in [0.5, 0.6) is 5.75 Å². The molecular weight excluding hydrogens is 293 g/mol. The van der Waals surface area contributed by atoms with E-state index in [9.17, 15) is 4.39 Å². The number of hydrogen-bond donors (Lipinski definition) is 1. The van der Waals surface area contributed by atoms with E-state index in [0.29, 0.717) is 17.8 Å². The third-order valence-electron chi connectivity index (χ3n) is 5.27. The Morgan fingerprint density at radius 3 is 2.78 bits per heavy atom. The highest BCUT2D eigenvalue weighted by molar-refractivity contribution is 5.78. The topological polar surface area (TPSA) is 27.7 Å². The van der Waals surface area contributed by atoms with E-state index in [1.54, 1.807) is 13.2 Å². The quantitative estimate of drug-likeness (QED) is 0.927. The molecule has 1 unspecified atom stereocenters. The first-order chi connectivity index (χ1) is 11.2. The summed E-state index contributed by atoms with van der Waals surface area (Å²) in [6.07, 6.45) is 4.56. The third-order valence-corrected chi connectivity index (χ3v) is 5.27. The number of ether oxygens (including phenoxy) is 1. The molecule has 4 nitrogen and oxygen atoms in total. The number of aryl methyl sites for hydroxylation is 1. The van der Waals surface area contributed by atoms with Gasteiger partial charge < -0.3 is 19.9 Å². The Hall–Kier alpha value is -1.49. The fourth-order valence-electron chi connectivity index (χ4n) is 4.09. The molecule has 2 heterocycles. The molecule has 5 heteroatoms. The molecule has 1 aromatic rings. The van der Waals surface area contributed by atoms with E-state index in [1.165, 1.54) is 12.8 Å². The fourth-order valence-corrected chi connectivity index (χ4v) is 4.09. The minimum Gasteiger partial charge on any atom is -0.492 e. The monoisotopic (exact) mass is 319 g/mol. The van der Waals surface area contributed by atoms with Gasteiger partial charge in [-0.3, -0.25) is 0 Å². The molecule has 0 spiro atoms. The zero-order chi connectivity index (χ0) is 16.0. The maximum Gasteiger partial charge on any atom is 0.168 e. The Labute approximate surface area is 137 Å². The summed E-state index contributed by atoms with van der Waals surface area (Å²) in [5.74, 6) is 0.619. The maximum atomic E-state index is 14.9. The molecule has 2 aliphatic heterocycles. The largest absolute Gasteiger partial charge is 0.492 e. The van der Waals surface area contributed by atoms with Crippen LogP contribution >= 0.6 is 0 Å². The summed E-state index contributed by atoms with van der Waals surface area (Å²) >= 11 is 0. The summed E-state index contributed by atoms with van der Waals surface area (Å²) in [4.78, 5) is 4.61. The SMILES string of the molecule is COc1c(N2CCNC(C)C2)c(F)cc2c1N(C1CC1)CCC2. The summed E-state index contributed by atoms with van der Waals surface area (Å²) in [6.45, 7) is 5.73. The van der Waals surface area contributed by atoms with Gasteiger partial charge in [0.15, 0.2) is 11.6 Å². The molecule has 1 aliphatic carbocycles. The smallest absolute Gasteiger partial charge is 0.168 e. The molecule has 1 saturated heterocycles. The van der Waals surface area contributed by atoms with Gasteiger partial charge in [0.25, 0.3) is 0 Å². The lowest BCUT2D eigenvalue weighted by molar-refractivity contribution is 0.402. The molecule has 3 aliphatic rings. The molecule has 0 aromatic heterocycles. The molecule has 1 aromatic carbocycles. The molecule has 1 atom stereocenters. The average Bonchev–Trinajstić information content (AvgIpc) is 3.37. The van der Waals surface area contributed by atoms with Gasteiger partial charge >= 0.3 is 0 Å². The molecule has 0 bridgehead atoms. The van der Waals surface area contributed by atoms with Crippen LogP contribution in [0, 0.1) is 5.82 Å². The fraction of sp³-hybridized carbons (Fsp3) is 0.667. The molecule has 1 N–H and O–H groups in total. The van der Waals surface area contributed by atoms with Gasteiger partial charge in [0.1, 0.15) is 5.69 Å². The zero-order valence-electron chi connectivity index (χ0n) is 14.1. The predicted molar refractivity (Wildman–Crippen MR) is 91.3 cm³/mol. The Bertz CT molecular complexity index is 602. The van der Waals surface area contributed by atoms with Crippen LogP contribution in [0.15, 0.2) is 6.07 Å². The van der Waals surface area contributed by atoms with E-state index in [2.05, 4.69) is 22.0 Å². The van der Waals surface area contributed by atoms with Gasteiger partial charge in [0.05, 0.1) is 12.8 Å². The second kappa shape index (κ2) is 5.86. The second-order valence-corrected chi connectivity index (χ2v) is 7.08. The molecule has 4 rings (SSSR count). The Morgan fingerprint density at radius 2 is 2.09 bits per heavy atom. The van der Waals surface area contributed by atoms with Gasteiger partial charge in [0, 0.05) is 38.3 Å². The average molecular weight is 319 g/mol. The van der Waals surface area contributed by atoms with E-state index in [1.807, 2.05) is 0 Å². The van der Waals surface area contributed by atoms with Crippen molar-refractivity contribution in [2.75, 3.05) is 43.1 Å². The third kappa shape index (κ3) is 2.65. The molecule has 2 fully saturated rings. The number of halogens is 1. The van der Waals surface area contributed by atoms with Crippen molar-refractivity contribution in [3.05, 3.63) is 17.4 Å². The Kier molecular flexibility index (Phi) is 3.84. The lowest BCUT2D eigenvalue weighted by Gasteiger charge is -2.38. The highest BCUT2D eigenvalue weighted by Crippen LogP contribution is 2.48. The van der Waals surface area contributed by atoms with E-state index in [-0.39, 0.29) is 5.82 Å². The standard InChI is InChI=1S/C18H26FN3O/c1-12-11-21(9-7-20-12)17-15(19)10-13-4-3-8-22(14-5-6-14)16(13)18(17)23-2/h10,12,14,20H,3-9,11H2,1-2H3. The van der Waals surface area contributed by atoms with E-state index >= 15 is 0 Å². The summed E-state index contributed by atoms with van der Waals surface area (Å²) in [5, 5.41) is 3.42. The number of benzene rings is 1. The lowest BCUT2D eigenvalue weighted by Crippen LogP contribution is -2.49. The van der Waals surface area contributed by atoms with Crippen LogP contribution in [-0.4, -0.2) is 45.4 Å². The highest BCUT2D eigenvalue weighted by Gasteiger charge is 2.36.